The van der Waals surface area contributed by atoms with Gasteiger partial charge in [0, 0.05) is 18.2 Å². The zero-order valence-corrected chi connectivity index (χ0v) is 26.5. The molecule has 0 amide bonds. The van der Waals surface area contributed by atoms with Crippen molar-refractivity contribution in [3.63, 3.8) is 0 Å². The Balaban J connectivity index is 0.000000369. The van der Waals surface area contributed by atoms with E-state index in [-0.39, 0.29) is 29.0 Å². The molecule has 2 aromatic heterocycles. The van der Waals surface area contributed by atoms with E-state index >= 15 is 0 Å². The molecule has 1 unspecified atom stereocenters. The number of phosphoric ester groups is 1. The fraction of sp³-hybridized carbons (Fsp3) is 0.667. The van der Waals surface area contributed by atoms with Gasteiger partial charge >= 0.3 is 7.82 Å². The Kier molecular flexibility index (Phi) is 11.5. The van der Waals surface area contributed by atoms with Crippen molar-refractivity contribution in [2.45, 2.75) is 97.6 Å². The van der Waals surface area contributed by atoms with Gasteiger partial charge in [-0.3, -0.25) is 9.42 Å². The Morgan fingerprint density at radius 1 is 0.806 bits per heavy atom. The second-order valence-corrected chi connectivity index (χ2v) is 22.8. The molecule has 9 nitrogen and oxygen atoms in total. The molecule has 12 heteroatoms. The highest BCUT2D eigenvalue weighted by molar-refractivity contribution is 7.47. The molecule has 0 radical (unpaired) electrons. The number of furan rings is 2. The number of hydrogen-bond acceptors (Lipinski definition) is 8. The van der Waals surface area contributed by atoms with Crippen molar-refractivity contribution < 1.29 is 41.3 Å². The van der Waals surface area contributed by atoms with E-state index < -0.39 is 24.5 Å². The van der Waals surface area contributed by atoms with Crippen LogP contribution in [0.25, 0.3) is 0 Å². The minimum absolute atomic E-state index is 0.00664. The van der Waals surface area contributed by atoms with Crippen molar-refractivity contribution >= 4 is 24.5 Å². The predicted molar refractivity (Wildman–Crippen MR) is 145 cm³/mol. The van der Waals surface area contributed by atoms with Gasteiger partial charge in [0.25, 0.3) is 0 Å². The number of rotatable bonds is 10. The molecule has 0 aromatic carbocycles. The minimum atomic E-state index is -4.09. The van der Waals surface area contributed by atoms with Crippen LogP contribution in [0, 0.1) is 0 Å². The fourth-order valence-electron chi connectivity index (χ4n) is 2.22. The van der Waals surface area contributed by atoms with Crippen LogP contribution in [0.15, 0.2) is 33.9 Å². The smallest absolute Gasteiger partial charge is 0.472 e. The van der Waals surface area contributed by atoms with Crippen molar-refractivity contribution in [2.24, 2.45) is 0 Å². The van der Waals surface area contributed by atoms with Gasteiger partial charge in [0.05, 0.1) is 44.2 Å². The van der Waals surface area contributed by atoms with Crippen molar-refractivity contribution in [1.82, 2.24) is 0 Å². The summed E-state index contributed by atoms with van der Waals surface area (Å²) in [6.07, 6.45) is 5.92. The molecule has 36 heavy (non-hydrogen) atoms. The van der Waals surface area contributed by atoms with Gasteiger partial charge in [-0.2, -0.15) is 0 Å². The first-order valence-corrected chi connectivity index (χ1v) is 19.1. The average molecular weight is 565 g/mol. The summed E-state index contributed by atoms with van der Waals surface area (Å²) in [7, 11) is -6.62. The molecule has 2 heterocycles. The summed E-state index contributed by atoms with van der Waals surface area (Å²) in [5.41, 5.74) is 2.35. The number of phosphoric acid groups is 1. The van der Waals surface area contributed by atoms with Crippen molar-refractivity contribution in [3.8, 4) is 5.75 Å². The summed E-state index contributed by atoms with van der Waals surface area (Å²) in [6, 6.07) is 0. The van der Waals surface area contributed by atoms with Crippen LogP contribution in [-0.2, 0) is 37.8 Å². The molecule has 0 fully saturated rings. The van der Waals surface area contributed by atoms with Gasteiger partial charge in [0.15, 0.2) is 22.4 Å². The predicted octanol–water partition coefficient (Wildman–Crippen LogP) is 7.22. The summed E-state index contributed by atoms with van der Waals surface area (Å²) < 4.78 is 42.8. The summed E-state index contributed by atoms with van der Waals surface area (Å²) in [5, 5.41) is 9.38. The van der Waals surface area contributed by atoms with Gasteiger partial charge in [-0.1, -0.05) is 41.5 Å². The topological polar surface area (TPSA) is 121 Å². The lowest BCUT2D eigenvalue weighted by Crippen LogP contribution is -2.40. The molecule has 208 valence electrons. The van der Waals surface area contributed by atoms with Crippen LogP contribution in [0.4, 0.5) is 0 Å². The van der Waals surface area contributed by atoms with Gasteiger partial charge in [-0.15, -0.1) is 0 Å². The monoisotopic (exact) mass is 564 g/mol. The zero-order chi connectivity index (χ0) is 28.0. The van der Waals surface area contributed by atoms with Crippen LogP contribution in [0.2, 0.25) is 36.3 Å². The van der Waals surface area contributed by atoms with Crippen molar-refractivity contribution in [3.05, 3.63) is 41.7 Å². The molecule has 2 aromatic rings. The van der Waals surface area contributed by atoms with Crippen molar-refractivity contribution in [2.75, 3.05) is 7.11 Å². The van der Waals surface area contributed by atoms with Crippen LogP contribution in [-0.4, -0.2) is 33.7 Å². The lowest BCUT2D eigenvalue weighted by atomic mass is 10.2. The number of aliphatic hydroxyl groups excluding tert-OH is 1. The maximum atomic E-state index is 11.4. The highest BCUT2D eigenvalue weighted by Gasteiger charge is 2.38. The quantitative estimate of drug-likeness (QED) is 0.227. The third-order valence-electron chi connectivity index (χ3n) is 6.94. The first-order chi connectivity index (χ1) is 16.3. The molecule has 0 bridgehead atoms. The van der Waals surface area contributed by atoms with E-state index in [1.807, 2.05) is 0 Å². The van der Waals surface area contributed by atoms with E-state index in [9.17, 15) is 9.46 Å². The van der Waals surface area contributed by atoms with Crippen LogP contribution in [0.3, 0.4) is 0 Å². The van der Waals surface area contributed by atoms with Gasteiger partial charge in [-0.05, 0) is 36.3 Å². The van der Waals surface area contributed by atoms with E-state index in [0.29, 0.717) is 12.2 Å². The lowest BCUT2D eigenvalue weighted by Gasteiger charge is -2.36. The van der Waals surface area contributed by atoms with Crippen LogP contribution in [0.5, 0.6) is 5.75 Å². The molecule has 0 saturated carbocycles. The Hall–Kier alpha value is -1.18. The third-order valence-corrected chi connectivity index (χ3v) is 16.8. The van der Waals surface area contributed by atoms with E-state index in [2.05, 4.69) is 72.3 Å². The van der Waals surface area contributed by atoms with E-state index in [4.69, 9.17) is 27.3 Å². The third kappa shape index (κ3) is 9.61. The van der Waals surface area contributed by atoms with Crippen molar-refractivity contribution in [1.29, 1.82) is 0 Å². The number of aliphatic hydroxyl groups is 1. The highest BCUT2D eigenvalue weighted by atomic mass is 31.2. The maximum absolute atomic E-state index is 11.4. The minimum Gasteiger partial charge on any atom is -0.472 e. The SMILES string of the molecule is CC(C)(C)[Si](C)(C)OCc1cocc1CO.COP(=O)(O)Oc1cocc1CO[Si](C)(C)C(C)(C)C. The Labute approximate surface area is 218 Å². The molecule has 0 aliphatic rings. The van der Waals surface area contributed by atoms with E-state index in [0.717, 1.165) is 18.2 Å². The second-order valence-electron chi connectivity index (χ2n) is 11.7. The molecule has 1 atom stereocenters. The highest BCUT2D eigenvalue weighted by Crippen LogP contribution is 2.45. The molecule has 2 rings (SSSR count). The fourth-order valence-corrected chi connectivity index (χ4v) is 4.61. The summed E-state index contributed by atoms with van der Waals surface area (Å²) in [6.45, 7) is 22.5. The lowest BCUT2D eigenvalue weighted by molar-refractivity contribution is 0.237. The summed E-state index contributed by atoms with van der Waals surface area (Å²) in [4.78, 5) is 9.31. The van der Waals surface area contributed by atoms with Gasteiger partial charge < -0.3 is 27.3 Å². The summed E-state index contributed by atoms with van der Waals surface area (Å²) in [5.74, 6) is 0.163. The molecular formula is C24H45O9PSi2. The first kappa shape index (κ1) is 32.9. The Morgan fingerprint density at radius 2 is 1.22 bits per heavy atom. The second kappa shape index (κ2) is 12.6. The van der Waals surface area contributed by atoms with Crippen LogP contribution < -0.4 is 4.52 Å². The molecule has 0 aliphatic heterocycles. The maximum Gasteiger partial charge on any atom is 0.527 e. The van der Waals surface area contributed by atoms with Gasteiger partial charge in [-0.25, -0.2) is 4.57 Å². The zero-order valence-electron chi connectivity index (χ0n) is 23.6. The largest absolute Gasteiger partial charge is 0.527 e. The number of hydrogen-bond donors (Lipinski definition) is 2. The van der Waals surface area contributed by atoms with E-state index in [1.165, 1.54) is 12.5 Å². The molecular weight excluding hydrogens is 519 g/mol. The molecule has 0 aliphatic carbocycles. The van der Waals surface area contributed by atoms with Gasteiger partial charge in [0.2, 0.25) is 0 Å². The Morgan fingerprint density at radius 3 is 1.67 bits per heavy atom. The Bertz CT molecular complexity index is 984. The molecule has 0 saturated heterocycles. The van der Waals surface area contributed by atoms with Crippen LogP contribution >= 0.6 is 7.82 Å². The van der Waals surface area contributed by atoms with E-state index in [1.54, 1.807) is 12.5 Å². The van der Waals surface area contributed by atoms with Gasteiger partial charge in [0.1, 0.15) is 6.26 Å². The standard InChI is InChI=1S/C12H23O6PSi.C12H22O3Si/c1-12(2,3)20(5,6)17-8-10-7-16-9-11(10)18-19(13,14)15-4;1-12(2,3)16(4,5)15-9-11-8-14-7-10(11)6-13/h7,9H,8H2,1-6H3,(H,13,14);7-8,13H,6,9H2,1-5H3. The molecule has 0 spiro atoms. The summed E-state index contributed by atoms with van der Waals surface area (Å²) >= 11 is 0. The normalized spacial score (nSPS) is 14.7. The first-order valence-electron chi connectivity index (χ1n) is 11.8. The molecule has 2 N–H and O–H groups in total. The van der Waals surface area contributed by atoms with Crippen LogP contribution in [0.1, 0.15) is 58.2 Å². The average Bonchev–Trinajstić information content (AvgIpc) is 3.38.